The van der Waals surface area contributed by atoms with Crippen LogP contribution in [0.5, 0.6) is 0 Å². The van der Waals surface area contributed by atoms with Crippen LogP contribution in [0.3, 0.4) is 0 Å². The quantitative estimate of drug-likeness (QED) is 0.426. The highest BCUT2D eigenvalue weighted by molar-refractivity contribution is 5.81. The topological polar surface area (TPSA) is 70.3 Å². The van der Waals surface area contributed by atoms with Gasteiger partial charge in [-0.3, -0.25) is 14.7 Å². The number of carbonyl (C=O) groups excluding carboxylic acids is 1. The minimum absolute atomic E-state index is 0.0825. The van der Waals surface area contributed by atoms with E-state index < -0.39 is 0 Å². The fourth-order valence-corrected chi connectivity index (χ4v) is 3.70. The van der Waals surface area contributed by atoms with E-state index in [1.165, 1.54) is 0 Å². The largest absolute Gasteiger partial charge is 0.468 e. The van der Waals surface area contributed by atoms with Gasteiger partial charge in [0.05, 0.1) is 24.8 Å². The van der Waals surface area contributed by atoms with Gasteiger partial charge in [-0.2, -0.15) is 0 Å². The van der Waals surface area contributed by atoms with E-state index >= 15 is 0 Å². The Morgan fingerprint density at radius 1 is 1.44 bits per heavy atom. The van der Waals surface area contributed by atoms with Gasteiger partial charge in [-0.25, -0.2) is 0 Å². The van der Waals surface area contributed by atoms with Crippen LogP contribution in [-0.2, 0) is 9.53 Å². The third-order valence-corrected chi connectivity index (χ3v) is 5.13. The molecule has 7 nitrogen and oxygen atoms in total. The summed E-state index contributed by atoms with van der Waals surface area (Å²) in [6, 6.07) is 4.08. The Labute approximate surface area is 162 Å². The standard InChI is InChI=1S/C20H34N4O3/c1-5-23(6-2)17(18-11-9-13-27-18)14-22-20(21-4)24-12-8-10-16(15-24)19(25)26-7-3/h9,11,13,16-17H,5-8,10,12,14-15H2,1-4H3,(H,21,22). The molecule has 2 unspecified atom stereocenters. The molecule has 1 aromatic rings. The van der Waals surface area contributed by atoms with Crippen molar-refractivity contribution in [1.82, 2.24) is 15.1 Å². The minimum atomic E-state index is -0.103. The average Bonchev–Trinajstić information content (AvgIpc) is 3.22. The number of ether oxygens (including phenoxy) is 1. The van der Waals surface area contributed by atoms with Crippen molar-refractivity contribution >= 4 is 11.9 Å². The van der Waals surface area contributed by atoms with Gasteiger partial charge >= 0.3 is 5.97 Å². The van der Waals surface area contributed by atoms with Gasteiger partial charge in [-0.15, -0.1) is 0 Å². The van der Waals surface area contributed by atoms with Crippen LogP contribution in [-0.4, -0.2) is 68.1 Å². The van der Waals surface area contributed by atoms with Crippen LogP contribution in [0.2, 0.25) is 0 Å². The number of furan rings is 1. The van der Waals surface area contributed by atoms with Crippen molar-refractivity contribution in [3.8, 4) is 0 Å². The van der Waals surface area contributed by atoms with Crippen LogP contribution in [0, 0.1) is 5.92 Å². The van der Waals surface area contributed by atoms with Crippen LogP contribution in [0.4, 0.5) is 0 Å². The summed E-state index contributed by atoms with van der Waals surface area (Å²) in [5, 5.41) is 3.49. The zero-order valence-corrected chi connectivity index (χ0v) is 17.1. The molecule has 1 saturated heterocycles. The molecule has 1 aliphatic rings. The molecule has 1 fully saturated rings. The number of guanidine groups is 1. The first-order chi connectivity index (χ1) is 13.1. The van der Waals surface area contributed by atoms with Gasteiger partial charge in [0.2, 0.25) is 0 Å². The summed E-state index contributed by atoms with van der Waals surface area (Å²) in [6.45, 7) is 10.7. The first-order valence-electron chi connectivity index (χ1n) is 10.0. The molecule has 0 saturated carbocycles. The second-order valence-corrected chi connectivity index (χ2v) is 6.72. The zero-order valence-electron chi connectivity index (χ0n) is 17.1. The zero-order chi connectivity index (χ0) is 19.6. The number of hydrogen-bond donors (Lipinski definition) is 1. The van der Waals surface area contributed by atoms with Crippen LogP contribution >= 0.6 is 0 Å². The molecule has 7 heteroatoms. The van der Waals surface area contributed by atoms with E-state index in [9.17, 15) is 4.79 Å². The smallest absolute Gasteiger partial charge is 0.310 e. The number of hydrogen-bond acceptors (Lipinski definition) is 5. The number of rotatable bonds is 8. The first-order valence-corrected chi connectivity index (χ1v) is 10.0. The van der Waals surface area contributed by atoms with Gasteiger partial charge < -0.3 is 19.4 Å². The molecule has 1 aliphatic heterocycles. The predicted octanol–water partition coefficient (Wildman–Crippen LogP) is 2.51. The van der Waals surface area contributed by atoms with Crippen molar-refractivity contribution in [2.24, 2.45) is 10.9 Å². The van der Waals surface area contributed by atoms with Crippen LogP contribution in [0.1, 0.15) is 45.4 Å². The van der Waals surface area contributed by atoms with Crippen molar-refractivity contribution in [2.45, 2.75) is 39.7 Å². The third kappa shape index (κ3) is 5.73. The number of likely N-dealkylation sites (tertiary alicyclic amines) is 1. The molecule has 0 bridgehead atoms. The van der Waals surface area contributed by atoms with Crippen molar-refractivity contribution in [1.29, 1.82) is 0 Å². The molecular weight excluding hydrogens is 344 g/mol. The summed E-state index contributed by atoms with van der Waals surface area (Å²) in [4.78, 5) is 21.1. The molecule has 2 rings (SSSR count). The minimum Gasteiger partial charge on any atom is -0.468 e. The number of nitrogens with zero attached hydrogens (tertiary/aromatic N) is 3. The lowest BCUT2D eigenvalue weighted by Crippen LogP contribution is -2.50. The fourth-order valence-electron chi connectivity index (χ4n) is 3.70. The maximum Gasteiger partial charge on any atom is 0.310 e. The lowest BCUT2D eigenvalue weighted by atomic mass is 9.98. The van der Waals surface area contributed by atoms with Gasteiger partial charge in [0.15, 0.2) is 5.96 Å². The maximum absolute atomic E-state index is 12.1. The average molecular weight is 379 g/mol. The Balaban J connectivity index is 2.01. The Hall–Kier alpha value is -2.02. The molecule has 2 heterocycles. The van der Waals surface area contributed by atoms with Crippen molar-refractivity contribution in [2.75, 3.05) is 46.4 Å². The number of aliphatic imine (C=N–C) groups is 1. The van der Waals surface area contributed by atoms with Crippen LogP contribution in [0.25, 0.3) is 0 Å². The highest BCUT2D eigenvalue weighted by Crippen LogP contribution is 2.21. The second-order valence-electron chi connectivity index (χ2n) is 6.72. The van der Waals surface area contributed by atoms with E-state index in [0.29, 0.717) is 19.7 Å². The summed E-state index contributed by atoms with van der Waals surface area (Å²) >= 11 is 0. The Morgan fingerprint density at radius 3 is 2.81 bits per heavy atom. The molecule has 27 heavy (non-hydrogen) atoms. The van der Waals surface area contributed by atoms with Gasteiger partial charge in [-0.1, -0.05) is 13.8 Å². The van der Waals surface area contributed by atoms with Crippen LogP contribution in [0.15, 0.2) is 27.8 Å². The molecule has 1 aromatic heterocycles. The highest BCUT2D eigenvalue weighted by atomic mass is 16.5. The van der Waals surface area contributed by atoms with E-state index in [0.717, 1.165) is 44.2 Å². The molecule has 0 radical (unpaired) electrons. The van der Waals surface area contributed by atoms with E-state index in [-0.39, 0.29) is 17.9 Å². The van der Waals surface area contributed by atoms with E-state index in [1.807, 2.05) is 19.1 Å². The molecular formula is C20H34N4O3. The Morgan fingerprint density at radius 2 is 2.22 bits per heavy atom. The van der Waals surface area contributed by atoms with Gasteiger partial charge in [0.25, 0.3) is 0 Å². The number of esters is 1. The summed E-state index contributed by atoms with van der Waals surface area (Å²) in [6.07, 6.45) is 3.55. The maximum atomic E-state index is 12.1. The molecule has 0 aromatic carbocycles. The normalized spacial score (nSPS) is 19.2. The number of nitrogens with one attached hydrogen (secondary N) is 1. The molecule has 152 valence electrons. The molecule has 2 atom stereocenters. The second kappa shape index (κ2) is 11.0. The number of likely N-dealkylation sites (N-methyl/N-ethyl adjacent to an activating group) is 1. The van der Waals surface area contributed by atoms with Crippen molar-refractivity contribution in [3.63, 3.8) is 0 Å². The summed E-state index contributed by atoms with van der Waals surface area (Å²) in [7, 11) is 1.79. The first kappa shape index (κ1) is 21.3. The number of carbonyl (C=O) groups is 1. The van der Waals surface area contributed by atoms with E-state index in [4.69, 9.17) is 9.15 Å². The van der Waals surface area contributed by atoms with Gasteiger partial charge in [-0.05, 0) is 45.0 Å². The van der Waals surface area contributed by atoms with Crippen molar-refractivity contribution in [3.05, 3.63) is 24.2 Å². The lowest BCUT2D eigenvalue weighted by Gasteiger charge is -2.35. The molecule has 0 amide bonds. The Kier molecular flexibility index (Phi) is 8.64. The van der Waals surface area contributed by atoms with E-state index in [2.05, 4.69) is 34.0 Å². The van der Waals surface area contributed by atoms with E-state index in [1.54, 1.807) is 13.3 Å². The van der Waals surface area contributed by atoms with Crippen molar-refractivity contribution < 1.29 is 13.9 Å². The summed E-state index contributed by atoms with van der Waals surface area (Å²) in [5.74, 6) is 1.59. The monoisotopic (exact) mass is 378 g/mol. The molecule has 0 aliphatic carbocycles. The fraction of sp³-hybridized carbons (Fsp3) is 0.700. The van der Waals surface area contributed by atoms with Gasteiger partial charge in [0, 0.05) is 26.7 Å². The van der Waals surface area contributed by atoms with Crippen LogP contribution < -0.4 is 5.32 Å². The van der Waals surface area contributed by atoms with Gasteiger partial charge in [0.1, 0.15) is 5.76 Å². The lowest BCUT2D eigenvalue weighted by molar-refractivity contribution is -0.149. The summed E-state index contributed by atoms with van der Waals surface area (Å²) in [5.41, 5.74) is 0. The predicted molar refractivity (Wildman–Crippen MR) is 107 cm³/mol. The number of piperidine rings is 1. The SMILES string of the molecule is CCOC(=O)C1CCCN(C(=NC)NCC(c2ccco2)N(CC)CC)C1. The molecule has 0 spiro atoms. The third-order valence-electron chi connectivity index (χ3n) is 5.13. The summed E-state index contributed by atoms with van der Waals surface area (Å²) < 4.78 is 10.9. The molecule has 1 N–H and O–H groups in total. The highest BCUT2D eigenvalue weighted by Gasteiger charge is 2.29. The Bertz CT molecular complexity index is 584.